The van der Waals surface area contributed by atoms with E-state index in [2.05, 4.69) is 31.3 Å². The van der Waals surface area contributed by atoms with E-state index in [1.165, 1.54) is 64.2 Å². The van der Waals surface area contributed by atoms with Crippen LogP contribution in [0.1, 0.15) is 71.1 Å². The molecule has 20 heavy (non-hydrogen) atoms. The number of hydrogen-bond acceptors (Lipinski definition) is 3. The van der Waals surface area contributed by atoms with Gasteiger partial charge in [0, 0.05) is 11.6 Å². The average Bonchev–Trinajstić information content (AvgIpc) is 2.49. The van der Waals surface area contributed by atoms with E-state index in [0.717, 1.165) is 11.8 Å². The summed E-state index contributed by atoms with van der Waals surface area (Å²) in [4.78, 5) is 2.48. The summed E-state index contributed by atoms with van der Waals surface area (Å²) in [6, 6.07) is 0.465. The van der Waals surface area contributed by atoms with Crippen LogP contribution >= 0.6 is 0 Å². The van der Waals surface area contributed by atoms with Crippen molar-refractivity contribution in [2.45, 2.75) is 82.7 Å². The van der Waals surface area contributed by atoms with Crippen LogP contribution in [0.3, 0.4) is 0 Å². The maximum Gasteiger partial charge on any atom is 0.0422 e. The molecule has 0 bridgehead atoms. The Balaban J connectivity index is 2.15. The predicted molar refractivity (Wildman–Crippen MR) is 86.4 cm³/mol. The van der Waals surface area contributed by atoms with E-state index in [-0.39, 0.29) is 5.54 Å². The van der Waals surface area contributed by atoms with Crippen molar-refractivity contribution in [3.8, 4) is 0 Å². The molecule has 0 aliphatic heterocycles. The number of hydrazine groups is 1. The molecule has 3 heteroatoms. The summed E-state index contributed by atoms with van der Waals surface area (Å²) in [6.07, 6.45) is 13.6. The first kappa shape index (κ1) is 16.3. The molecule has 0 amide bonds. The summed E-state index contributed by atoms with van der Waals surface area (Å²) in [5, 5.41) is 0. The fraction of sp³-hybridized carbons (Fsp3) is 1.00. The first-order valence-corrected chi connectivity index (χ1v) is 8.77. The Bertz CT molecular complexity index is 284. The Morgan fingerprint density at radius 3 is 2.40 bits per heavy atom. The molecule has 2 saturated carbocycles. The Labute approximate surface area is 125 Å². The van der Waals surface area contributed by atoms with Gasteiger partial charge in [-0.05, 0) is 51.6 Å². The van der Waals surface area contributed by atoms with Gasteiger partial charge in [0.15, 0.2) is 0 Å². The van der Waals surface area contributed by atoms with Crippen LogP contribution in [0, 0.1) is 11.8 Å². The maximum atomic E-state index is 6.07. The number of nitrogens with one attached hydrogen (secondary N) is 1. The summed E-state index contributed by atoms with van der Waals surface area (Å²) < 4.78 is 0. The minimum absolute atomic E-state index is 0.285. The van der Waals surface area contributed by atoms with Gasteiger partial charge in [0.2, 0.25) is 0 Å². The smallest absolute Gasteiger partial charge is 0.0422 e. The van der Waals surface area contributed by atoms with Gasteiger partial charge in [-0.3, -0.25) is 11.3 Å². The van der Waals surface area contributed by atoms with Gasteiger partial charge in [-0.2, -0.15) is 0 Å². The van der Waals surface area contributed by atoms with Gasteiger partial charge >= 0.3 is 0 Å². The summed E-state index contributed by atoms with van der Waals surface area (Å²) in [7, 11) is 4.52. The molecule has 0 aromatic heterocycles. The molecule has 0 aromatic rings. The molecule has 0 aromatic carbocycles. The normalized spacial score (nSPS) is 32.2. The minimum atomic E-state index is 0.285. The largest absolute Gasteiger partial charge is 0.302 e. The van der Waals surface area contributed by atoms with Crippen LogP contribution in [0.5, 0.6) is 0 Å². The zero-order chi connectivity index (χ0) is 14.6. The van der Waals surface area contributed by atoms with E-state index < -0.39 is 0 Å². The third-order valence-corrected chi connectivity index (χ3v) is 6.24. The quantitative estimate of drug-likeness (QED) is 0.600. The maximum absolute atomic E-state index is 6.07. The van der Waals surface area contributed by atoms with E-state index in [1.54, 1.807) is 0 Å². The SMILES string of the molecule is CCC1CCCC(C(NN)C2(N(C)C)CCCCC2)C1. The predicted octanol–water partition coefficient (Wildman–Crippen LogP) is 3.30. The van der Waals surface area contributed by atoms with Crippen LogP contribution in [-0.2, 0) is 0 Å². The number of nitrogens with two attached hydrogens (primary N) is 1. The summed E-state index contributed by atoms with van der Waals surface area (Å²) in [5.41, 5.74) is 3.55. The first-order chi connectivity index (χ1) is 9.64. The Morgan fingerprint density at radius 2 is 1.85 bits per heavy atom. The van der Waals surface area contributed by atoms with Crippen LogP contribution in [0.4, 0.5) is 0 Å². The highest BCUT2D eigenvalue weighted by atomic mass is 15.3. The fourth-order valence-electron chi connectivity index (χ4n) is 4.94. The van der Waals surface area contributed by atoms with Gasteiger partial charge in [0.05, 0.1) is 0 Å². The van der Waals surface area contributed by atoms with Gasteiger partial charge in [0.1, 0.15) is 0 Å². The molecule has 0 radical (unpaired) electrons. The van der Waals surface area contributed by atoms with Crippen molar-refractivity contribution >= 4 is 0 Å². The molecule has 3 N–H and O–H groups in total. The van der Waals surface area contributed by atoms with E-state index in [4.69, 9.17) is 5.84 Å². The van der Waals surface area contributed by atoms with Gasteiger partial charge in [-0.15, -0.1) is 0 Å². The lowest BCUT2D eigenvalue weighted by molar-refractivity contribution is 0.0177. The molecule has 3 nitrogen and oxygen atoms in total. The van der Waals surface area contributed by atoms with Crippen LogP contribution in [0.2, 0.25) is 0 Å². The highest BCUT2D eigenvalue weighted by molar-refractivity contribution is 5.03. The molecular formula is C17H35N3. The molecule has 0 spiro atoms. The summed E-state index contributed by atoms with van der Waals surface area (Å²) >= 11 is 0. The fourth-order valence-corrected chi connectivity index (χ4v) is 4.94. The molecule has 0 heterocycles. The summed E-state index contributed by atoms with van der Waals surface area (Å²) in [5.74, 6) is 7.75. The summed E-state index contributed by atoms with van der Waals surface area (Å²) in [6.45, 7) is 2.35. The number of hydrogen-bond donors (Lipinski definition) is 2. The van der Waals surface area contributed by atoms with Crippen molar-refractivity contribution in [1.82, 2.24) is 10.3 Å². The molecule has 3 atom stereocenters. The van der Waals surface area contributed by atoms with E-state index in [0.29, 0.717) is 6.04 Å². The lowest BCUT2D eigenvalue weighted by Gasteiger charge is -2.52. The second-order valence-corrected chi connectivity index (χ2v) is 7.40. The lowest BCUT2D eigenvalue weighted by Crippen LogP contribution is -2.64. The molecule has 2 aliphatic rings. The van der Waals surface area contributed by atoms with E-state index >= 15 is 0 Å². The van der Waals surface area contributed by atoms with Crippen molar-refractivity contribution in [2.24, 2.45) is 17.7 Å². The van der Waals surface area contributed by atoms with Crippen LogP contribution < -0.4 is 11.3 Å². The first-order valence-electron chi connectivity index (χ1n) is 8.77. The zero-order valence-electron chi connectivity index (χ0n) is 13.8. The molecule has 2 aliphatic carbocycles. The highest BCUT2D eigenvalue weighted by Gasteiger charge is 2.45. The van der Waals surface area contributed by atoms with Crippen LogP contribution in [0.15, 0.2) is 0 Å². The number of rotatable bonds is 5. The number of likely N-dealkylation sites (N-methyl/N-ethyl adjacent to an activating group) is 1. The molecule has 3 unspecified atom stereocenters. The topological polar surface area (TPSA) is 41.3 Å². The highest BCUT2D eigenvalue weighted by Crippen LogP contribution is 2.42. The van der Waals surface area contributed by atoms with Crippen molar-refractivity contribution in [2.75, 3.05) is 14.1 Å². The molecule has 2 rings (SSSR count). The van der Waals surface area contributed by atoms with Crippen LogP contribution in [0.25, 0.3) is 0 Å². The van der Waals surface area contributed by atoms with Crippen molar-refractivity contribution in [3.05, 3.63) is 0 Å². The third-order valence-electron chi connectivity index (χ3n) is 6.24. The van der Waals surface area contributed by atoms with E-state index in [9.17, 15) is 0 Å². The van der Waals surface area contributed by atoms with Gasteiger partial charge in [0.25, 0.3) is 0 Å². The molecule has 118 valence electrons. The number of nitrogens with zero attached hydrogens (tertiary/aromatic N) is 1. The lowest BCUT2D eigenvalue weighted by atomic mass is 9.66. The Kier molecular flexibility index (Phi) is 5.88. The second-order valence-electron chi connectivity index (χ2n) is 7.40. The molecule has 0 saturated heterocycles. The Hall–Kier alpha value is -0.120. The monoisotopic (exact) mass is 281 g/mol. The second kappa shape index (κ2) is 7.24. The standard InChI is InChI=1S/C17H35N3/c1-4-14-9-8-10-15(13-14)16(19-18)17(20(2)3)11-6-5-7-12-17/h14-16,19H,4-13,18H2,1-3H3. The zero-order valence-corrected chi connectivity index (χ0v) is 13.8. The van der Waals surface area contributed by atoms with Crippen molar-refractivity contribution < 1.29 is 0 Å². The van der Waals surface area contributed by atoms with Gasteiger partial charge in [-0.1, -0.05) is 45.4 Å². The van der Waals surface area contributed by atoms with E-state index in [1.807, 2.05) is 0 Å². The molecular weight excluding hydrogens is 246 g/mol. The van der Waals surface area contributed by atoms with Crippen molar-refractivity contribution in [1.29, 1.82) is 0 Å². The molecule has 2 fully saturated rings. The Morgan fingerprint density at radius 1 is 1.15 bits per heavy atom. The average molecular weight is 281 g/mol. The van der Waals surface area contributed by atoms with Gasteiger partial charge < -0.3 is 4.90 Å². The van der Waals surface area contributed by atoms with Crippen LogP contribution in [-0.4, -0.2) is 30.6 Å². The van der Waals surface area contributed by atoms with Gasteiger partial charge in [-0.25, -0.2) is 0 Å². The third kappa shape index (κ3) is 3.20. The minimum Gasteiger partial charge on any atom is -0.302 e. The van der Waals surface area contributed by atoms with Crippen molar-refractivity contribution in [3.63, 3.8) is 0 Å².